The Hall–Kier alpha value is -1.54. The first-order valence-corrected chi connectivity index (χ1v) is 12.2. The second-order valence-electron chi connectivity index (χ2n) is 6.70. The minimum atomic E-state index is -4.03. The van der Waals surface area contributed by atoms with Crippen molar-refractivity contribution in [3.63, 3.8) is 0 Å². The molecule has 28 heavy (non-hydrogen) atoms. The Morgan fingerprint density at radius 2 is 1.96 bits per heavy atom. The monoisotopic (exact) mass is 441 g/mol. The molecule has 3 rings (SSSR count). The van der Waals surface area contributed by atoms with Crippen molar-refractivity contribution in [2.75, 3.05) is 12.0 Å². The van der Waals surface area contributed by atoms with Gasteiger partial charge in [-0.25, -0.2) is 4.39 Å². The Bertz CT molecular complexity index is 1060. The van der Waals surface area contributed by atoms with E-state index in [2.05, 4.69) is 4.98 Å². The highest BCUT2D eigenvalue weighted by Gasteiger charge is 2.21. The number of fused-ring (bicyclic) bond motifs is 1. The molecule has 1 aromatic heterocycles. The number of nitrogens with one attached hydrogen (secondary N) is 1. The normalized spacial score (nSPS) is 13.1. The van der Waals surface area contributed by atoms with E-state index < -0.39 is 10.1 Å². The number of rotatable bonds is 8. The van der Waals surface area contributed by atoms with Crippen LogP contribution in [0.3, 0.4) is 0 Å². The second-order valence-corrected chi connectivity index (χ2v) is 9.57. The van der Waals surface area contributed by atoms with Gasteiger partial charge in [-0.3, -0.25) is 4.55 Å². The van der Waals surface area contributed by atoms with Crippen LogP contribution in [0, 0.1) is 5.82 Å². The van der Waals surface area contributed by atoms with E-state index in [1.165, 1.54) is 12.1 Å². The lowest BCUT2D eigenvalue weighted by Gasteiger charge is -2.17. The van der Waals surface area contributed by atoms with Crippen molar-refractivity contribution in [2.24, 2.45) is 0 Å². The van der Waals surface area contributed by atoms with Crippen LogP contribution < -0.4 is 0 Å². The molecule has 0 aliphatic rings. The summed E-state index contributed by atoms with van der Waals surface area (Å²) in [7, 11) is -4.03. The summed E-state index contributed by atoms with van der Waals surface area (Å²) < 4.78 is 45.6. The number of hydrogen-bond donors (Lipinski definition) is 2. The van der Waals surface area contributed by atoms with Crippen molar-refractivity contribution < 1.29 is 17.4 Å². The first-order valence-electron chi connectivity index (χ1n) is 8.77. The van der Waals surface area contributed by atoms with Crippen molar-refractivity contribution in [2.45, 2.75) is 24.5 Å². The molecule has 4 nitrogen and oxygen atoms in total. The summed E-state index contributed by atoms with van der Waals surface area (Å²) in [5.74, 6) is -0.0874. The summed E-state index contributed by atoms with van der Waals surface area (Å²) >= 11 is 7.62. The second kappa shape index (κ2) is 8.86. The maximum absolute atomic E-state index is 14.3. The van der Waals surface area contributed by atoms with E-state index >= 15 is 0 Å². The van der Waals surface area contributed by atoms with Crippen molar-refractivity contribution in [3.8, 4) is 0 Å². The molecule has 2 aromatic carbocycles. The van der Waals surface area contributed by atoms with Crippen molar-refractivity contribution in [1.29, 1.82) is 0 Å². The van der Waals surface area contributed by atoms with Gasteiger partial charge in [0.15, 0.2) is 0 Å². The molecule has 0 bridgehead atoms. The third-order valence-corrected chi connectivity index (χ3v) is 6.37. The topological polar surface area (TPSA) is 70.2 Å². The highest BCUT2D eigenvalue weighted by Crippen LogP contribution is 2.36. The Morgan fingerprint density at radius 1 is 1.25 bits per heavy atom. The van der Waals surface area contributed by atoms with E-state index in [9.17, 15) is 12.8 Å². The van der Waals surface area contributed by atoms with Gasteiger partial charge in [0.2, 0.25) is 0 Å². The Kier molecular flexibility index (Phi) is 6.70. The summed E-state index contributed by atoms with van der Waals surface area (Å²) in [6.45, 7) is 0. The third-order valence-electron chi connectivity index (χ3n) is 4.71. The number of aromatic nitrogens is 1. The van der Waals surface area contributed by atoms with E-state index in [4.69, 9.17) is 16.2 Å². The fourth-order valence-corrected chi connectivity index (χ4v) is 4.71. The largest absolute Gasteiger partial charge is 0.361 e. The van der Waals surface area contributed by atoms with Gasteiger partial charge in [0.05, 0.1) is 5.75 Å². The Balaban J connectivity index is 2.05. The standard InChI is InChI=1S/C20H21ClFNO3S2/c1-27-12-14-9-16(22)10-18-19(11-23-20(14)18)17(3-2-8-28(24,25)26)13-4-6-15(21)7-5-13/h4-7,9-11,17,23H,2-3,8,12H2,1H3,(H,24,25,26). The Morgan fingerprint density at radius 3 is 2.61 bits per heavy atom. The molecular weight excluding hydrogens is 421 g/mol. The zero-order chi connectivity index (χ0) is 20.3. The molecular formula is C20H21ClFNO3S2. The highest BCUT2D eigenvalue weighted by molar-refractivity contribution is 7.97. The molecule has 0 amide bonds. The third kappa shape index (κ3) is 5.08. The van der Waals surface area contributed by atoms with Gasteiger partial charge in [0.1, 0.15) is 5.82 Å². The molecule has 3 aromatic rings. The lowest BCUT2D eigenvalue weighted by atomic mass is 9.87. The molecule has 150 valence electrons. The number of halogens is 2. The molecule has 1 heterocycles. The van der Waals surface area contributed by atoms with Crippen LogP contribution in [0.15, 0.2) is 42.6 Å². The SMILES string of the molecule is CSCc1cc(F)cc2c(C(CCCS(=O)(=O)O)c3ccc(Cl)cc3)c[nH]c12. The number of aromatic amines is 1. The van der Waals surface area contributed by atoms with E-state index in [0.29, 0.717) is 17.2 Å². The number of hydrogen-bond acceptors (Lipinski definition) is 3. The van der Waals surface area contributed by atoms with Gasteiger partial charge >= 0.3 is 0 Å². The molecule has 0 radical (unpaired) electrons. The van der Waals surface area contributed by atoms with Crippen LogP contribution in [0.5, 0.6) is 0 Å². The first-order chi connectivity index (χ1) is 13.3. The Labute approximate surface area is 173 Å². The average molecular weight is 442 g/mol. The van der Waals surface area contributed by atoms with Crippen molar-refractivity contribution in [1.82, 2.24) is 4.98 Å². The fraction of sp³-hybridized carbons (Fsp3) is 0.300. The molecule has 2 N–H and O–H groups in total. The minimum Gasteiger partial charge on any atom is -0.361 e. The predicted octanol–water partition coefficient (Wildman–Crippen LogP) is 5.62. The molecule has 8 heteroatoms. The lowest BCUT2D eigenvalue weighted by molar-refractivity contribution is 0.479. The summed E-state index contributed by atoms with van der Waals surface area (Å²) in [5.41, 5.74) is 3.63. The molecule has 1 unspecified atom stereocenters. The predicted molar refractivity (Wildman–Crippen MR) is 114 cm³/mol. The zero-order valence-corrected chi connectivity index (χ0v) is 17.7. The molecule has 0 aliphatic heterocycles. The van der Waals surface area contributed by atoms with Gasteiger partial charge in [-0.1, -0.05) is 23.7 Å². The molecule has 0 fully saturated rings. The highest BCUT2D eigenvalue weighted by atomic mass is 35.5. The van der Waals surface area contributed by atoms with Crippen LogP contribution >= 0.6 is 23.4 Å². The smallest absolute Gasteiger partial charge is 0.264 e. The summed E-state index contributed by atoms with van der Waals surface area (Å²) in [5, 5.41) is 1.39. The van der Waals surface area contributed by atoms with Gasteiger partial charge in [-0.05, 0) is 60.1 Å². The van der Waals surface area contributed by atoms with E-state index in [1.54, 1.807) is 23.9 Å². The van der Waals surface area contributed by atoms with E-state index in [0.717, 1.165) is 27.6 Å². The number of thioether (sulfide) groups is 1. The maximum atomic E-state index is 14.3. The molecule has 0 saturated carbocycles. The van der Waals surface area contributed by atoms with Gasteiger partial charge in [-0.2, -0.15) is 20.2 Å². The number of benzene rings is 2. The molecule has 1 atom stereocenters. The van der Waals surface area contributed by atoms with Crippen molar-refractivity contribution >= 4 is 44.4 Å². The summed E-state index contributed by atoms with van der Waals surface area (Å²) in [6, 6.07) is 10.4. The zero-order valence-electron chi connectivity index (χ0n) is 15.3. The molecule has 0 aliphatic carbocycles. The summed E-state index contributed by atoms with van der Waals surface area (Å²) in [6.07, 6.45) is 4.60. The van der Waals surface area contributed by atoms with Gasteiger partial charge in [-0.15, -0.1) is 0 Å². The minimum absolute atomic E-state index is 0.156. The average Bonchev–Trinajstić information content (AvgIpc) is 3.03. The van der Waals surface area contributed by atoms with Gasteiger partial charge in [0.25, 0.3) is 10.1 Å². The number of H-pyrrole nitrogens is 1. The van der Waals surface area contributed by atoms with Crippen LogP contribution in [-0.2, 0) is 15.9 Å². The first kappa shape index (κ1) is 21.2. The quantitative estimate of drug-likeness (QED) is 0.445. The fourth-order valence-electron chi connectivity index (χ4n) is 3.51. The van der Waals surface area contributed by atoms with E-state index in [-0.39, 0.29) is 23.9 Å². The van der Waals surface area contributed by atoms with Crippen LogP contribution in [-0.4, -0.2) is 30.0 Å². The van der Waals surface area contributed by atoms with Crippen LogP contribution in [0.25, 0.3) is 10.9 Å². The van der Waals surface area contributed by atoms with Gasteiger partial charge in [0, 0.05) is 33.8 Å². The van der Waals surface area contributed by atoms with Gasteiger partial charge < -0.3 is 4.98 Å². The lowest BCUT2D eigenvalue weighted by Crippen LogP contribution is -2.07. The molecule has 0 spiro atoms. The molecule has 0 saturated heterocycles. The van der Waals surface area contributed by atoms with Crippen LogP contribution in [0.2, 0.25) is 5.02 Å². The maximum Gasteiger partial charge on any atom is 0.264 e. The van der Waals surface area contributed by atoms with Crippen LogP contribution in [0.1, 0.15) is 35.4 Å². The summed E-state index contributed by atoms with van der Waals surface area (Å²) in [4.78, 5) is 3.26. The van der Waals surface area contributed by atoms with Crippen molar-refractivity contribution in [3.05, 3.63) is 70.1 Å². The van der Waals surface area contributed by atoms with Crippen LogP contribution in [0.4, 0.5) is 4.39 Å². The van der Waals surface area contributed by atoms with E-state index in [1.807, 2.05) is 24.6 Å².